The zero-order chi connectivity index (χ0) is 19.8. The fourth-order valence-electron chi connectivity index (χ4n) is 4.61. The highest BCUT2D eigenvalue weighted by Crippen LogP contribution is 2.25. The van der Waals surface area contributed by atoms with Crippen LogP contribution in [0, 0.1) is 11.3 Å². The number of hydrogen-bond acceptors (Lipinski definition) is 6. The van der Waals surface area contributed by atoms with Crippen molar-refractivity contribution >= 4 is 11.9 Å². The average Bonchev–Trinajstić information content (AvgIpc) is 3.10. The van der Waals surface area contributed by atoms with Crippen molar-refractivity contribution in [3.63, 3.8) is 0 Å². The van der Waals surface area contributed by atoms with Crippen LogP contribution in [0.5, 0.6) is 0 Å². The van der Waals surface area contributed by atoms with Gasteiger partial charge < -0.3 is 15.1 Å². The van der Waals surface area contributed by atoms with E-state index in [1.54, 1.807) is 12.1 Å². The smallest absolute Gasteiger partial charge is 0.227 e. The minimum Gasteiger partial charge on any atom is -0.338 e. The van der Waals surface area contributed by atoms with Crippen molar-refractivity contribution in [1.29, 1.82) is 5.26 Å². The second-order valence-corrected chi connectivity index (χ2v) is 8.24. The Bertz CT molecular complexity index is 954. The van der Waals surface area contributed by atoms with Crippen molar-refractivity contribution in [3.8, 4) is 6.07 Å². The van der Waals surface area contributed by atoms with Crippen LogP contribution in [-0.4, -0.2) is 52.5 Å². The third-order valence-electron chi connectivity index (χ3n) is 6.21. The average molecular weight is 388 g/mol. The Hall–Kier alpha value is -2.98. The Labute approximate surface area is 170 Å². The van der Waals surface area contributed by atoms with Gasteiger partial charge >= 0.3 is 0 Å². The van der Waals surface area contributed by atoms with E-state index < -0.39 is 0 Å². The number of piperazine rings is 1. The number of amides is 1. The molecule has 0 spiro atoms. The number of aromatic nitrogens is 2. The lowest BCUT2D eigenvalue weighted by Gasteiger charge is -2.34. The maximum absolute atomic E-state index is 12.7. The van der Waals surface area contributed by atoms with Gasteiger partial charge in [-0.1, -0.05) is 12.1 Å². The molecule has 0 saturated carbocycles. The summed E-state index contributed by atoms with van der Waals surface area (Å²) in [4.78, 5) is 26.4. The molecule has 7 nitrogen and oxygen atoms in total. The fourth-order valence-corrected chi connectivity index (χ4v) is 4.61. The van der Waals surface area contributed by atoms with Crippen molar-refractivity contribution in [2.24, 2.45) is 0 Å². The zero-order valence-electron chi connectivity index (χ0n) is 16.3. The molecule has 1 aromatic carbocycles. The van der Waals surface area contributed by atoms with E-state index in [1.807, 2.05) is 23.2 Å². The van der Waals surface area contributed by atoms with Crippen LogP contribution in [0.3, 0.4) is 0 Å². The van der Waals surface area contributed by atoms with Crippen molar-refractivity contribution < 1.29 is 4.79 Å². The topological polar surface area (TPSA) is 85.2 Å². The second kappa shape index (κ2) is 7.45. The van der Waals surface area contributed by atoms with Gasteiger partial charge in [0.25, 0.3) is 0 Å². The van der Waals surface area contributed by atoms with Crippen molar-refractivity contribution in [2.45, 2.75) is 44.3 Å². The van der Waals surface area contributed by atoms with Crippen molar-refractivity contribution in [2.75, 3.05) is 24.5 Å². The van der Waals surface area contributed by atoms with E-state index in [0.717, 1.165) is 42.3 Å². The lowest BCUT2D eigenvalue weighted by molar-refractivity contribution is -0.131. The summed E-state index contributed by atoms with van der Waals surface area (Å²) in [5, 5.41) is 12.5. The van der Waals surface area contributed by atoms with Crippen molar-refractivity contribution in [1.82, 2.24) is 20.2 Å². The molecule has 2 atom stereocenters. The maximum atomic E-state index is 12.7. The second-order valence-electron chi connectivity index (χ2n) is 8.24. The predicted molar refractivity (Wildman–Crippen MR) is 108 cm³/mol. The van der Waals surface area contributed by atoms with E-state index in [4.69, 9.17) is 10.2 Å². The summed E-state index contributed by atoms with van der Waals surface area (Å²) in [6, 6.07) is 10.4. The van der Waals surface area contributed by atoms with E-state index in [-0.39, 0.29) is 5.91 Å². The lowest BCUT2D eigenvalue weighted by Crippen LogP contribution is -2.51. The van der Waals surface area contributed by atoms with Gasteiger partial charge in [0.2, 0.25) is 11.9 Å². The number of fused-ring (bicyclic) bond motifs is 3. The number of nitriles is 1. The molecule has 3 aliphatic heterocycles. The summed E-state index contributed by atoms with van der Waals surface area (Å²) in [6.07, 6.45) is 5.50. The maximum Gasteiger partial charge on any atom is 0.227 e. The monoisotopic (exact) mass is 388 g/mol. The van der Waals surface area contributed by atoms with Gasteiger partial charge in [0, 0.05) is 56.4 Å². The number of nitrogens with one attached hydrogen (secondary N) is 1. The quantitative estimate of drug-likeness (QED) is 0.856. The highest BCUT2D eigenvalue weighted by atomic mass is 16.2. The zero-order valence-corrected chi connectivity index (χ0v) is 16.3. The van der Waals surface area contributed by atoms with Crippen LogP contribution in [0.4, 0.5) is 5.95 Å². The highest BCUT2D eigenvalue weighted by molar-refractivity contribution is 5.79. The third-order valence-corrected chi connectivity index (χ3v) is 6.21. The van der Waals surface area contributed by atoms with Gasteiger partial charge in [-0.3, -0.25) is 4.79 Å². The summed E-state index contributed by atoms with van der Waals surface area (Å²) in [6.45, 7) is 3.21. The van der Waals surface area contributed by atoms with E-state index in [0.29, 0.717) is 37.2 Å². The molecule has 1 amide bonds. The first-order valence-corrected chi connectivity index (χ1v) is 10.3. The van der Waals surface area contributed by atoms with E-state index in [1.165, 1.54) is 12.8 Å². The Morgan fingerprint density at radius 2 is 1.97 bits per heavy atom. The standard InChI is InChI=1S/C22H24N6O/c23-10-16-3-1-15(2-4-16)9-21(29)27-8-7-20-17(12-27)11-24-22(26-20)28-13-18-5-6-19(14-28)25-18/h1-4,11,18-19,25H,5-9,12-14H2. The summed E-state index contributed by atoms with van der Waals surface area (Å²) in [5.41, 5.74) is 3.66. The largest absolute Gasteiger partial charge is 0.338 e. The summed E-state index contributed by atoms with van der Waals surface area (Å²) in [5.74, 6) is 0.933. The number of benzene rings is 1. The number of carbonyl (C=O) groups is 1. The molecule has 0 radical (unpaired) electrons. The molecule has 148 valence electrons. The van der Waals surface area contributed by atoms with Gasteiger partial charge in [0.1, 0.15) is 0 Å². The molecule has 2 fully saturated rings. The van der Waals surface area contributed by atoms with Crippen LogP contribution in [0.2, 0.25) is 0 Å². The molecule has 1 N–H and O–H groups in total. The Balaban J connectivity index is 1.25. The first-order chi connectivity index (χ1) is 14.2. The van der Waals surface area contributed by atoms with Crippen molar-refractivity contribution in [3.05, 3.63) is 52.8 Å². The van der Waals surface area contributed by atoms with Crippen LogP contribution >= 0.6 is 0 Å². The van der Waals surface area contributed by atoms with E-state index >= 15 is 0 Å². The van der Waals surface area contributed by atoms with Crippen LogP contribution in [0.25, 0.3) is 0 Å². The molecular formula is C22H24N6O. The molecule has 7 heteroatoms. The molecule has 2 bridgehead atoms. The van der Waals surface area contributed by atoms with Gasteiger partial charge in [-0.25, -0.2) is 9.97 Å². The number of hydrogen-bond donors (Lipinski definition) is 1. The number of anilines is 1. The Morgan fingerprint density at radius 3 is 2.69 bits per heavy atom. The molecule has 5 rings (SSSR count). The lowest BCUT2D eigenvalue weighted by atomic mass is 10.0. The third kappa shape index (κ3) is 3.68. The van der Waals surface area contributed by atoms with Crippen LogP contribution in [0.15, 0.2) is 30.5 Å². The minimum atomic E-state index is 0.100. The summed E-state index contributed by atoms with van der Waals surface area (Å²) < 4.78 is 0. The van der Waals surface area contributed by atoms with Gasteiger partial charge in [0.05, 0.1) is 23.7 Å². The molecule has 2 aromatic rings. The number of carbonyl (C=O) groups excluding carboxylic acids is 1. The predicted octanol–water partition coefficient (Wildman–Crippen LogP) is 1.42. The highest BCUT2D eigenvalue weighted by Gasteiger charge is 2.33. The summed E-state index contributed by atoms with van der Waals surface area (Å²) in [7, 11) is 0. The normalized spacial score (nSPS) is 22.9. The number of nitrogens with zero attached hydrogens (tertiary/aromatic N) is 5. The molecule has 2 saturated heterocycles. The minimum absolute atomic E-state index is 0.100. The van der Waals surface area contributed by atoms with Gasteiger partial charge in [0.15, 0.2) is 0 Å². The van der Waals surface area contributed by atoms with Crippen LogP contribution in [0.1, 0.15) is 35.2 Å². The number of rotatable bonds is 3. The van der Waals surface area contributed by atoms with Gasteiger partial charge in [-0.05, 0) is 30.5 Å². The molecular weight excluding hydrogens is 364 g/mol. The summed E-state index contributed by atoms with van der Waals surface area (Å²) >= 11 is 0. The molecule has 4 heterocycles. The molecule has 29 heavy (non-hydrogen) atoms. The van der Waals surface area contributed by atoms with E-state index in [2.05, 4.69) is 21.3 Å². The molecule has 1 aromatic heterocycles. The van der Waals surface area contributed by atoms with Crippen LogP contribution in [-0.2, 0) is 24.2 Å². The van der Waals surface area contributed by atoms with Gasteiger partial charge in [-0.15, -0.1) is 0 Å². The van der Waals surface area contributed by atoms with Gasteiger partial charge in [-0.2, -0.15) is 5.26 Å². The van der Waals surface area contributed by atoms with E-state index in [9.17, 15) is 4.79 Å². The molecule has 0 aliphatic carbocycles. The Kier molecular flexibility index (Phi) is 4.64. The fraction of sp³-hybridized carbons (Fsp3) is 0.455. The molecule has 3 aliphatic rings. The first-order valence-electron chi connectivity index (χ1n) is 10.3. The molecule has 2 unspecified atom stereocenters. The first kappa shape index (κ1) is 18.1. The Morgan fingerprint density at radius 1 is 1.21 bits per heavy atom. The SMILES string of the molecule is N#Cc1ccc(CC(=O)N2CCc3nc(N4CC5CCC(C4)N5)ncc3C2)cc1. The van der Waals surface area contributed by atoms with Crippen LogP contribution < -0.4 is 10.2 Å².